The molecule has 1 unspecified atom stereocenters. The van der Waals surface area contributed by atoms with Crippen molar-refractivity contribution in [1.29, 1.82) is 0 Å². The van der Waals surface area contributed by atoms with Crippen molar-refractivity contribution in [3.63, 3.8) is 0 Å². The zero-order chi connectivity index (χ0) is 59.2. The van der Waals surface area contributed by atoms with E-state index in [0.717, 1.165) is 109 Å². The maximum Gasteiger partial charge on any atom is 0.306 e. The van der Waals surface area contributed by atoms with E-state index in [1.54, 1.807) is 0 Å². The number of hydrogen-bond donors (Lipinski definition) is 0. The summed E-state index contributed by atoms with van der Waals surface area (Å²) in [5, 5.41) is 0. The van der Waals surface area contributed by atoms with E-state index < -0.39 is 6.10 Å². The highest BCUT2D eigenvalue weighted by molar-refractivity contribution is 5.71. The highest BCUT2D eigenvalue weighted by Gasteiger charge is 2.19. The quantitative estimate of drug-likeness (QED) is 0.0261. The third kappa shape index (κ3) is 67.1. The van der Waals surface area contributed by atoms with Gasteiger partial charge in [0.1, 0.15) is 13.2 Å². The highest BCUT2D eigenvalue weighted by atomic mass is 16.6. The minimum atomic E-state index is -0.775. The largest absolute Gasteiger partial charge is 0.462 e. The Morgan fingerprint density at radius 1 is 0.256 bits per heavy atom. The maximum atomic E-state index is 12.9. The number of hydrogen-bond acceptors (Lipinski definition) is 6. The van der Waals surface area contributed by atoms with Gasteiger partial charge in [0.15, 0.2) is 6.10 Å². The molecule has 0 aromatic carbocycles. The van der Waals surface area contributed by atoms with Crippen LogP contribution in [0.15, 0.2) is 97.2 Å². The molecule has 0 aliphatic heterocycles. The standard InChI is InChI=1S/C76H132O6/c1-4-7-10-13-16-19-21-23-25-27-29-31-33-35-36-37-38-39-40-42-43-45-47-49-51-53-55-57-60-63-66-69-75(78)81-72-73(71-80-74(77)68-65-62-59-18-15-12-9-6-3)82-76(79)70-67-64-61-58-56-54-52-50-48-46-44-41-34-32-30-28-26-24-22-20-17-14-11-8-5-2/h7-8,10-11,16-17,19-20,23-26,29-32,73H,4-6,9,12-15,18,21-22,27-28,33-72H2,1-3H3/b10-7-,11-8-,19-16-,20-17-,25-23-,26-24-,31-29-,32-30-. The summed E-state index contributed by atoms with van der Waals surface area (Å²) >= 11 is 0. The van der Waals surface area contributed by atoms with Gasteiger partial charge in [0.05, 0.1) is 0 Å². The SMILES string of the molecule is CC/C=C\C/C=C\C/C=C\C/C=C\CCCCCCCCCCCCCCCCCCCCC(=O)OCC(COC(=O)CCCCCCCCCC)OC(=O)CCCCCCCCCCCCCC/C=C\C/C=C\C/C=C\C/C=C\CC. The lowest BCUT2D eigenvalue weighted by atomic mass is 10.0. The van der Waals surface area contributed by atoms with E-state index in [0.29, 0.717) is 19.3 Å². The van der Waals surface area contributed by atoms with E-state index in [1.807, 2.05) is 0 Å². The van der Waals surface area contributed by atoms with Crippen molar-refractivity contribution in [2.45, 2.75) is 354 Å². The number of rotatable bonds is 64. The van der Waals surface area contributed by atoms with Crippen LogP contribution in [0.5, 0.6) is 0 Å². The van der Waals surface area contributed by atoms with Gasteiger partial charge in [-0.2, -0.15) is 0 Å². The molecule has 0 aliphatic carbocycles. The van der Waals surface area contributed by atoms with E-state index in [1.165, 1.54) is 199 Å². The minimum Gasteiger partial charge on any atom is -0.462 e. The molecule has 0 fully saturated rings. The number of carbonyl (C=O) groups excluding carboxylic acids is 3. The number of carbonyl (C=O) groups is 3. The normalized spacial score (nSPS) is 12.7. The molecule has 6 heteroatoms. The van der Waals surface area contributed by atoms with Gasteiger partial charge in [0.2, 0.25) is 0 Å². The Balaban J connectivity index is 4.08. The van der Waals surface area contributed by atoms with Crippen LogP contribution in [0.3, 0.4) is 0 Å². The Labute approximate surface area is 508 Å². The lowest BCUT2D eigenvalue weighted by molar-refractivity contribution is -0.167. The minimum absolute atomic E-state index is 0.0732. The smallest absolute Gasteiger partial charge is 0.306 e. The van der Waals surface area contributed by atoms with Gasteiger partial charge in [-0.15, -0.1) is 0 Å². The predicted molar refractivity (Wildman–Crippen MR) is 357 cm³/mol. The van der Waals surface area contributed by atoms with E-state index >= 15 is 0 Å². The third-order valence-corrected chi connectivity index (χ3v) is 15.3. The van der Waals surface area contributed by atoms with Crippen LogP contribution in [0.1, 0.15) is 348 Å². The van der Waals surface area contributed by atoms with Crippen molar-refractivity contribution >= 4 is 17.9 Å². The molecule has 0 bridgehead atoms. The molecule has 0 heterocycles. The first-order chi connectivity index (χ1) is 40.5. The molecule has 0 aromatic rings. The topological polar surface area (TPSA) is 78.9 Å². The molecule has 0 aromatic heterocycles. The van der Waals surface area contributed by atoms with Crippen LogP contribution in [0.4, 0.5) is 0 Å². The van der Waals surface area contributed by atoms with Crippen LogP contribution in [0, 0.1) is 0 Å². The summed E-state index contributed by atoms with van der Waals surface area (Å²) in [5.41, 5.74) is 0. The van der Waals surface area contributed by atoms with Crippen LogP contribution in [-0.2, 0) is 28.6 Å². The molecule has 0 amide bonds. The van der Waals surface area contributed by atoms with Gasteiger partial charge in [-0.05, 0) is 96.3 Å². The lowest BCUT2D eigenvalue weighted by Gasteiger charge is -2.18. The second kappa shape index (κ2) is 69.8. The van der Waals surface area contributed by atoms with E-state index in [2.05, 4.69) is 118 Å². The van der Waals surface area contributed by atoms with Gasteiger partial charge in [0, 0.05) is 19.3 Å². The second-order valence-corrected chi connectivity index (χ2v) is 23.4. The van der Waals surface area contributed by atoms with E-state index in [9.17, 15) is 14.4 Å². The van der Waals surface area contributed by atoms with Crippen molar-refractivity contribution in [2.24, 2.45) is 0 Å². The fourth-order valence-corrected chi connectivity index (χ4v) is 10.1. The van der Waals surface area contributed by atoms with Crippen LogP contribution >= 0.6 is 0 Å². The van der Waals surface area contributed by atoms with Crippen molar-refractivity contribution < 1.29 is 28.6 Å². The summed E-state index contributed by atoms with van der Waals surface area (Å²) in [6, 6.07) is 0. The second-order valence-electron chi connectivity index (χ2n) is 23.4. The van der Waals surface area contributed by atoms with Crippen molar-refractivity contribution in [2.75, 3.05) is 13.2 Å². The summed E-state index contributed by atoms with van der Waals surface area (Å²) in [7, 11) is 0. The molecule has 0 rings (SSSR count). The predicted octanol–water partition coefficient (Wildman–Crippen LogP) is 24.4. The van der Waals surface area contributed by atoms with Crippen molar-refractivity contribution in [3.05, 3.63) is 97.2 Å². The molecule has 0 saturated heterocycles. The van der Waals surface area contributed by atoms with Gasteiger partial charge in [-0.1, -0.05) is 330 Å². The van der Waals surface area contributed by atoms with Gasteiger partial charge < -0.3 is 14.2 Å². The number of esters is 3. The summed E-state index contributed by atoms with van der Waals surface area (Å²) in [6.07, 6.45) is 94.6. The fraction of sp³-hybridized carbons (Fsp3) is 0.750. The Kier molecular flexibility index (Phi) is 66.7. The van der Waals surface area contributed by atoms with Gasteiger partial charge in [-0.25, -0.2) is 0 Å². The summed E-state index contributed by atoms with van der Waals surface area (Å²) < 4.78 is 16.9. The Hall–Kier alpha value is -3.67. The zero-order valence-corrected chi connectivity index (χ0v) is 54.2. The molecule has 472 valence electrons. The van der Waals surface area contributed by atoms with Crippen LogP contribution < -0.4 is 0 Å². The Morgan fingerprint density at radius 3 is 0.744 bits per heavy atom. The van der Waals surface area contributed by atoms with E-state index in [-0.39, 0.29) is 31.1 Å². The average molecular weight is 1140 g/mol. The molecule has 0 radical (unpaired) electrons. The molecule has 82 heavy (non-hydrogen) atoms. The van der Waals surface area contributed by atoms with E-state index in [4.69, 9.17) is 14.2 Å². The molecular formula is C76H132O6. The fourth-order valence-electron chi connectivity index (χ4n) is 10.1. The van der Waals surface area contributed by atoms with Crippen molar-refractivity contribution in [1.82, 2.24) is 0 Å². The first-order valence-corrected chi connectivity index (χ1v) is 35.2. The molecule has 0 spiro atoms. The lowest BCUT2D eigenvalue weighted by Crippen LogP contribution is -2.30. The van der Waals surface area contributed by atoms with Crippen LogP contribution in [-0.4, -0.2) is 37.2 Å². The molecule has 0 saturated carbocycles. The van der Waals surface area contributed by atoms with Crippen molar-refractivity contribution in [3.8, 4) is 0 Å². The monoisotopic (exact) mass is 1140 g/mol. The third-order valence-electron chi connectivity index (χ3n) is 15.3. The number of unbranched alkanes of at least 4 members (excludes halogenated alkanes) is 37. The number of allylic oxidation sites excluding steroid dienone is 16. The van der Waals surface area contributed by atoms with Gasteiger partial charge in [0.25, 0.3) is 0 Å². The zero-order valence-electron chi connectivity index (χ0n) is 54.2. The first kappa shape index (κ1) is 78.3. The molecule has 0 N–H and O–H groups in total. The maximum absolute atomic E-state index is 12.9. The molecule has 6 nitrogen and oxygen atoms in total. The Bertz CT molecular complexity index is 1590. The number of ether oxygens (including phenoxy) is 3. The molecule has 0 aliphatic rings. The highest BCUT2D eigenvalue weighted by Crippen LogP contribution is 2.18. The molecule has 1 atom stereocenters. The van der Waals surface area contributed by atoms with Gasteiger partial charge in [-0.3, -0.25) is 14.4 Å². The Morgan fingerprint density at radius 2 is 0.476 bits per heavy atom. The van der Waals surface area contributed by atoms with Gasteiger partial charge >= 0.3 is 17.9 Å². The first-order valence-electron chi connectivity index (χ1n) is 35.2. The molecular weight excluding hydrogens is 1010 g/mol. The summed E-state index contributed by atoms with van der Waals surface area (Å²) in [5.74, 6) is -0.863. The average Bonchev–Trinajstić information content (AvgIpc) is 3.47. The van der Waals surface area contributed by atoms with Crippen LogP contribution in [0.2, 0.25) is 0 Å². The summed E-state index contributed by atoms with van der Waals surface area (Å²) in [6.45, 7) is 6.43. The van der Waals surface area contributed by atoms with Crippen LogP contribution in [0.25, 0.3) is 0 Å². The summed E-state index contributed by atoms with van der Waals surface area (Å²) in [4.78, 5) is 38.3.